The molecule has 0 aliphatic carbocycles. The number of nitrogens with one attached hydrogen (secondary N) is 1. The van der Waals surface area contributed by atoms with Crippen molar-refractivity contribution < 1.29 is 9.18 Å². The summed E-state index contributed by atoms with van der Waals surface area (Å²) < 4.78 is 12.6. The minimum absolute atomic E-state index is 0.0978. The van der Waals surface area contributed by atoms with Gasteiger partial charge in [0.05, 0.1) is 11.6 Å². The molecule has 0 aliphatic rings. The van der Waals surface area contributed by atoms with Gasteiger partial charge in [0.2, 0.25) is 0 Å². The Kier molecular flexibility index (Phi) is 5.35. The van der Waals surface area contributed by atoms with Gasteiger partial charge < -0.3 is 5.32 Å². The van der Waals surface area contributed by atoms with E-state index in [1.807, 2.05) is 0 Å². The van der Waals surface area contributed by atoms with Crippen LogP contribution in [0.3, 0.4) is 0 Å². The lowest BCUT2D eigenvalue weighted by molar-refractivity contribution is 0.0948. The Morgan fingerprint density at radius 1 is 1.53 bits per heavy atom. The fourth-order valence-corrected chi connectivity index (χ4v) is 1.83. The maximum Gasteiger partial charge on any atom is 0.269 e. The van der Waals surface area contributed by atoms with Gasteiger partial charge in [-0.25, -0.2) is 9.37 Å². The predicted molar refractivity (Wildman–Crippen MR) is 65.6 cm³/mol. The fraction of sp³-hybridized carbons (Fsp3) is 0.500. The predicted octanol–water partition coefficient (Wildman–Crippen LogP) is 2.60. The SMILES string of the molecule is CC(C)CC(Cl)CNC(=O)c1ccc(F)cn1. The lowest BCUT2D eigenvalue weighted by Crippen LogP contribution is -2.30. The summed E-state index contributed by atoms with van der Waals surface area (Å²) in [7, 11) is 0. The van der Waals surface area contributed by atoms with E-state index < -0.39 is 5.82 Å². The van der Waals surface area contributed by atoms with Crippen molar-refractivity contribution in [2.45, 2.75) is 25.6 Å². The average Bonchev–Trinajstić information content (AvgIpc) is 2.26. The molecule has 1 atom stereocenters. The Hall–Kier alpha value is -1.16. The van der Waals surface area contributed by atoms with E-state index in [1.54, 1.807) is 0 Å². The van der Waals surface area contributed by atoms with Crippen LogP contribution in [0.5, 0.6) is 0 Å². The molecule has 5 heteroatoms. The third kappa shape index (κ3) is 5.13. The summed E-state index contributed by atoms with van der Waals surface area (Å²) in [5.74, 6) is -0.311. The van der Waals surface area contributed by atoms with Crippen LogP contribution in [0.1, 0.15) is 30.8 Å². The molecular formula is C12H16ClFN2O. The lowest BCUT2D eigenvalue weighted by atomic mass is 10.1. The molecule has 3 nitrogen and oxygen atoms in total. The van der Waals surface area contributed by atoms with E-state index in [9.17, 15) is 9.18 Å². The number of amides is 1. The van der Waals surface area contributed by atoms with Crippen molar-refractivity contribution in [2.75, 3.05) is 6.54 Å². The molecule has 1 unspecified atom stereocenters. The molecule has 0 radical (unpaired) electrons. The van der Waals surface area contributed by atoms with Gasteiger partial charge in [0.1, 0.15) is 11.5 Å². The van der Waals surface area contributed by atoms with Crippen molar-refractivity contribution in [2.24, 2.45) is 5.92 Å². The van der Waals surface area contributed by atoms with Crippen LogP contribution < -0.4 is 5.32 Å². The number of alkyl halides is 1. The molecule has 0 saturated heterocycles. The molecule has 0 fully saturated rings. The molecule has 1 amide bonds. The number of hydrogen-bond acceptors (Lipinski definition) is 2. The quantitative estimate of drug-likeness (QED) is 0.825. The first kappa shape index (κ1) is 13.9. The summed E-state index contributed by atoms with van der Waals surface area (Å²) in [6, 6.07) is 2.55. The van der Waals surface area contributed by atoms with Gasteiger partial charge in [-0.2, -0.15) is 0 Å². The fourth-order valence-electron chi connectivity index (χ4n) is 1.40. The molecule has 1 aromatic heterocycles. The van der Waals surface area contributed by atoms with Crippen LogP contribution in [-0.4, -0.2) is 22.8 Å². The van der Waals surface area contributed by atoms with E-state index in [-0.39, 0.29) is 17.0 Å². The molecule has 0 saturated carbocycles. The van der Waals surface area contributed by atoms with Crippen molar-refractivity contribution >= 4 is 17.5 Å². The van der Waals surface area contributed by atoms with E-state index in [2.05, 4.69) is 24.1 Å². The molecule has 1 aromatic rings. The zero-order chi connectivity index (χ0) is 12.8. The zero-order valence-corrected chi connectivity index (χ0v) is 10.7. The summed E-state index contributed by atoms with van der Waals surface area (Å²) >= 11 is 6.04. The van der Waals surface area contributed by atoms with Gasteiger partial charge in [-0.3, -0.25) is 4.79 Å². The number of halogens is 2. The van der Waals surface area contributed by atoms with Gasteiger partial charge >= 0.3 is 0 Å². The smallest absolute Gasteiger partial charge is 0.269 e. The average molecular weight is 259 g/mol. The van der Waals surface area contributed by atoms with Crippen molar-refractivity contribution in [3.05, 3.63) is 29.8 Å². The minimum atomic E-state index is -0.462. The Labute approximate surface area is 105 Å². The largest absolute Gasteiger partial charge is 0.349 e. The Bertz CT molecular complexity index is 367. The first-order chi connectivity index (χ1) is 7.99. The van der Waals surface area contributed by atoms with Crippen molar-refractivity contribution in [1.29, 1.82) is 0 Å². The molecule has 17 heavy (non-hydrogen) atoms. The van der Waals surface area contributed by atoms with Gasteiger partial charge in [-0.15, -0.1) is 11.6 Å². The number of carbonyl (C=O) groups is 1. The molecule has 1 N–H and O–H groups in total. The topological polar surface area (TPSA) is 42.0 Å². The van der Waals surface area contributed by atoms with Crippen molar-refractivity contribution in [3.63, 3.8) is 0 Å². The molecule has 0 spiro atoms. The second-order valence-corrected chi connectivity index (χ2v) is 4.92. The summed E-state index contributed by atoms with van der Waals surface area (Å²) in [6.45, 7) is 4.52. The first-order valence-electron chi connectivity index (χ1n) is 5.53. The maximum absolute atomic E-state index is 12.6. The van der Waals surface area contributed by atoms with Gasteiger partial charge in [0.25, 0.3) is 5.91 Å². The molecule has 0 aromatic carbocycles. The van der Waals surface area contributed by atoms with Crippen LogP contribution in [0.25, 0.3) is 0 Å². The summed E-state index contributed by atoms with van der Waals surface area (Å²) in [6.07, 6.45) is 1.85. The number of hydrogen-bond donors (Lipinski definition) is 1. The van der Waals surface area contributed by atoms with Crippen molar-refractivity contribution in [3.8, 4) is 0 Å². The van der Waals surface area contributed by atoms with Gasteiger partial charge in [0.15, 0.2) is 0 Å². The molecule has 94 valence electrons. The van der Waals surface area contributed by atoms with Crippen LogP contribution in [-0.2, 0) is 0 Å². The standard InChI is InChI=1S/C12H16ClFN2O/c1-8(2)5-9(13)6-16-12(17)11-4-3-10(14)7-15-11/h3-4,7-9H,5-6H2,1-2H3,(H,16,17). The van der Waals surface area contributed by atoms with Gasteiger partial charge in [0, 0.05) is 6.54 Å². The Morgan fingerprint density at radius 3 is 2.76 bits per heavy atom. The first-order valence-corrected chi connectivity index (χ1v) is 5.96. The van der Waals surface area contributed by atoms with E-state index in [4.69, 9.17) is 11.6 Å². The molecule has 1 rings (SSSR count). The Morgan fingerprint density at radius 2 is 2.24 bits per heavy atom. The normalized spacial score (nSPS) is 12.5. The highest BCUT2D eigenvalue weighted by Gasteiger charge is 2.11. The number of nitrogens with zero attached hydrogens (tertiary/aromatic N) is 1. The summed E-state index contributed by atoms with van der Waals surface area (Å²) in [5, 5.41) is 2.57. The Balaban J connectivity index is 2.42. The zero-order valence-electron chi connectivity index (χ0n) is 9.91. The van der Waals surface area contributed by atoms with Crippen molar-refractivity contribution in [1.82, 2.24) is 10.3 Å². The molecular weight excluding hydrogens is 243 g/mol. The second kappa shape index (κ2) is 6.55. The highest BCUT2D eigenvalue weighted by Crippen LogP contribution is 2.09. The van der Waals surface area contributed by atoms with E-state index >= 15 is 0 Å². The second-order valence-electron chi connectivity index (χ2n) is 4.30. The van der Waals surface area contributed by atoms with Crippen LogP contribution in [0.4, 0.5) is 4.39 Å². The number of aromatic nitrogens is 1. The number of pyridine rings is 1. The highest BCUT2D eigenvalue weighted by atomic mass is 35.5. The van der Waals surface area contributed by atoms with E-state index in [0.29, 0.717) is 12.5 Å². The van der Waals surface area contributed by atoms with Gasteiger partial charge in [-0.05, 0) is 24.5 Å². The van der Waals surface area contributed by atoms with Crippen LogP contribution in [0.2, 0.25) is 0 Å². The molecule has 0 bridgehead atoms. The van der Waals surface area contributed by atoms with Crippen LogP contribution in [0, 0.1) is 11.7 Å². The third-order valence-corrected chi connectivity index (χ3v) is 2.50. The minimum Gasteiger partial charge on any atom is -0.349 e. The van der Waals surface area contributed by atoms with Crippen LogP contribution >= 0.6 is 11.6 Å². The van der Waals surface area contributed by atoms with Crippen LogP contribution in [0.15, 0.2) is 18.3 Å². The summed E-state index contributed by atoms with van der Waals surface area (Å²) in [5.41, 5.74) is 0.194. The molecule has 0 aliphatic heterocycles. The monoisotopic (exact) mass is 258 g/mol. The van der Waals surface area contributed by atoms with Gasteiger partial charge in [-0.1, -0.05) is 13.8 Å². The number of rotatable bonds is 5. The molecule has 1 heterocycles. The number of carbonyl (C=O) groups excluding carboxylic acids is 1. The summed E-state index contributed by atoms with van der Waals surface area (Å²) in [4.78, 5) is 15.3. The highest BCUT2D eigenvalue weighted by molar-refractivity contribution is 6.20. The van der Waals surface area contributed by atoms with E-state index in [1.165, 1.54) is 12.1 Å². The third-order valence-electron chi connectivity index (χ3n) is 2.17. The van der Waals surface area contributed by atoms with E-state index in [0.717, 1.165) is 12.6 Å². The lowest BCUT2D eigenvalue weighted by Gasteiger charge is -2.12. The maximum atomic E-state index is 12.6.